The quantitative estimate of drug-likeness (QED) is 0.836. The fraction of sp³-hybridized carbons (Fsp3) is 0.667. The van der Waals surface area contributed by atoms with Crippen molar-refractivity contribution < 1.29 is 4.74 Å². The number of hydrogen-bond acceptors (Lipinski definition) is 3. The van der Waals surface area contributed by atoms with Crippen LogP contribution in [-0.4, -0.2) is 31.1 Å². The molecule has 21 heavy (non-hydrogen) atoms. The van der Waals surface area contributed by atoms with Gasteiger partial charge in [0.1, 0.15) is 12.4 Å². The first kappa shape index (κ1) is 16.3. The van der Waals surface area contributed by atoms with Gasteiger partial charge in [0.05, 0.1) is 0 Å². The van der Waals surface area contributed by atoms with E-state index in [2.05, 4.69) is 18.9 Å². The molecule has 0 amide bonds. The lowest BCUT2D eigenvalue weighted by Crippen LogP contribution is -2.37. The number of rotatable bonds is 7. The van der Waals surface area contributed by atoms with Gasteiger partial charge in [-0.05, 0) is 44.7 Å². The molecule has 0 radical (unpaired) electrons. The van der Waals surface area contributed by atoms with Gasteiger partial charge in [-0.15, -0.1) is 0 Å². The van der Waals surface area contributed by atoms with Gasteiger partial charge in [0, 0.05) is 24.7 Å². The third kappa shape index (κ3) is 4.72. The Balaban J connectivity index is 1.73. The average Bonchev–Trinajstić information content (AvgIpc) is 2.55. The van der Waals surface area contributed by atoms with E-state index in [1.165, 1.54) is 32.1 Å². The molecule has 1 aromatic rings. The molecular weight excluding hydrogens is 260 g/mol. The van der Waals surface area contributed by atoms with Crippen molar-refractivity contribution in [3.63, 3.8) is 0 Å². The molecule has 3 nitrogen and oxygen atoms in total. The molecule has 0 atom stereocenters. The number of nitrogens with zero attached hydrogens (tertiary/aromatic N) is 1. The van der Waals surface area contributed by atoms with Crippen molar-refractivity contribution in [2.75, 3.05) is 20.2 Å². The fourth-order valence-corrected chi connectivity index (χ4v) is 3.29. The Labute approximate surface area is 129 Å². The standard InChI is InChI=1S/C18H30N2O/c1-3-15-8-10-17(11-9-15)20(2)12-13-21-18-7-5-4-6-16(18)14-19/h4-7,15,17H,3,8-14,19H2,1-2H3. The highest BCUT2D eigenvalue weighted by Gasteiger charge is 2.22. The molecule has 0 aromatic heterocycles. The lowest BCUT2D eigenvalue weighted by atomic mass is 9.84. The minimum atomic E-state index is 0.535. The van der Waals surface area contributed by atoms with Crippen molar-refractivity contribution >= 4 is 0 Å². The second-order valence-corrected chi connectivity index (χ2v) is 6.22. The van der Waals surface area contributed by atoms with Gasteiger partial charge in [0.2, 0.25) is 0 Å². The maximum Gasteiger partial charge on any atom is 0.123 e. The Morgan fingerprint density at radius 2 is 1.90 bits per heavy atom. The second-order valence-electron chi connectivity index (χ2n) is 6.22. The summed E-state index contributed by atoms with van der Waals surface area (Å²) >= 11 is 0. The zero-order valence-electron chi connectivity index (χ0n) is 13.6. The molecule has 1 saturated carbocycles. The van der Waals surface area contributed by atoms with Gasteiger partial charge in [0.15, 0.2) is 0 Å². The number of ether oxygens (including phenoxy) is 1. The van der Waals surface area contributed by atoms with Gasteiger partial charge in [0.25, 0.3) is 0 Å². The highest BCUT2D eigenvalue weighted by atomic mass is 16.5. The minimum absolute atomic E-state index is 0.535. The van der Waals surface area contributed by atoms with Crippen LogP contribution in [0.4, 0.5) is 0 Å². The summed E-state index contributed by atoms with van der Waals surface area (Å²) < 4.78 is 5.91. The first-order chi connectivity index (χ1) is 10.2. The summed E-state index contributed by atoms with van der Waals surface area (Å²) in [5.41, 5.74) is 6.82. The number of nitrogens with two attached hydrogens (primary N) is 1. The van der Waals surface area contributed by atoms with Crippen LogP contribution in [0.1, 0.15) is 44.6 Å². The van der Waals surface area contributed by atoms with Gasteiger partial charge >= 0.3 is 0 Å². The van der Waals surface area contributed by atoms with Crippen LogP contribution in [0.5, 0.6) is 5.75 Å². The van der Waals surface area contributed by atoms with Crippen LogP contribution in [-0.2, 0) is 6.54 Å². The molecule has 1 fully saturated rings. The topological polar surface area (TPSA) is 38.5 Å². The van der Waals surface area contributed by atoms with E-state index in [1.54, 1.807) is 0 Å². The van der Waals surface area contributed by atoms with E-state index in [1.807, 2.05) is 24.3 Å². The Kier molecular flexibility index (Phi) is 6.52. The fourth-order valence-electron chi connectivity index (χ4n) is 3.29. The van der Waals surface area contributed by atoms with Crippen molar-refractivity contribution in [1.82, 2.24) is 4.90 Å². The van der Waals surface area contributed by atoms with Crippen LogP contribution in [0.3, 0.4) is 0 Å². The predicted octanol–water partition coefficient (Wildman–Crippen LogP) is 3.42. The Hall–Kier alpha value is -1.06. The molecular formula is C18H30N2O. The third-order valence-electron chi connectivity index (χ3n) is 4.91. The van der Waals surface area contributed by atoms with Crippen LogP contribution >= 0.6 is 0 Å². The van der Waals surface area contributed by atoms with E-state index in [4.69, 9.17) is 10.5 Å². The maximum atomic E-state index is 5.91. The first-order valence-corrected chi connectivity index (χ1v) is 8.35. The molecule has 0 saturated heterocycles. The Bertz CT molecular complexity index is 413. The lowest BCUT2D eigenvalue weighted by Gasteiger charge is -2.34. The van der Waals surface area contributed by atoms with Gasteiger partial charge < -0.3 is 15.4 Å². The van der Waals surface area contributed by atoms with Crippen LogP contribution in [0.15, 0.2) is 24.3 Å². The number of hydrogen-bond donors (Lipinski definition) is 1. The zero-order valence-corrected chi connectivity index (χ0v) is 13.6. The van der Waals surface area contributed by atoms with Crippen molar-refractivity contribution in [2.24, 2.45) is 11.7 Å². The number of para-hydroxylation sites is 1. The molecule has 0 unspecified atom stereocenters. The van der Waals surface area contributed by atoms with E-state index in [0.717, 1.165) is 36.4 Å². The SMILES string of the molecule is CCC1CCC(N(C)CCOc2ccccc2CN)CC1. The van der Waals surface area contributed by atoms with Crippen LogP contribution in [0.2, 0.25) is 0 Å². The molecule has 0 aliphatic heterocycles. The van der Waals surface area contributed by atoms with Crippen molar-refractivity contribution in [3.05, 3.63) is 29.8 Å². The summed E-state index contributed by atoms with van der Waals surface area (Å²) in [6.45, 7) is 4.58. The lowest BCUT2D eigenvalue weighted by molar-refractivity contribution is 0.141. The van der Waals surface area contributed by atoms with Crippen molar-refractivity contribution in [2.45, 2.75) is 51.6 Å². The van der Waals surface area contributed by atoms with Crippen LogP contribution in [0.25, 0.3) is 0 Å². The molecule has 118 valence electrons. The van der Waals surface area contributed by atoms with E-state index < -0.39 is 0 Å². The van der Waals surface area contributed by atoms with E-state index in [9.17, 15) is 0 Å². The van der Waals surface area contributed by atoms with Crippen molar-refractivity contribution in [3.8, 4) is 5.75 Å². The summed E-state index contributed by atoms with van der Waals surface area (Å²) in [5, 5.41) is 0. The molecule has 2 rings (SSSR count). The van der Waals surface area contributed by atoms with Gasteiger partial charge in [-0.1, -0.05) is 31.5 Å². The van der Waals surface area contributed by atoms with Crippen molar-refractivity contribution in [1.29, 1.82) is 0 Å². The summed E-state index contributed by atoms with van der Waals surface area (Å²) in [7, 11) is 2.23. The molecule has 3 heteroatoms. The Morgan fingerprint density at radius 1 is 1.19 bits per heavy atom. The largest absolute Gasteiger partial charge is 0.492 e. The predicted molar refractivity (Wildman–Crippen MR) is 88.5 cm³/mol. The molecule has 0 spiro atoms. The minimum Gasteiger partial charge on any atom is -0.492 e. The molecule has 1 aliphatic rings. The number of likely N-dealkylation sites (N-methyl/N-ethyl adjacent to an activating group) is 1. The van der Waals surface area contributed by atoms with Crippen LogP contribution in [0, 0.1) is 5.92 Å². The first-order valence-electron chi connectivity index (χ1n) is 8.35. The Morgan fingerprint density at radius 3 is 2.57 bits per heavy atom. The highest BCUT2D eigenvalue weighted by molar-refractivity contribution is 5.32. The van der Waals surface area contributed by atoms with E-state index in [0.29, 0.717) is 6.54 Å². The van der Waals surface area contributed by atoms with Gasteiger partial charge in [-0.25, -0.2) is 0 Å². The summed E-state index contributed by atoms with van der Waals surface area (Å²) in [6.07, 6.45) is 6.81. The molecule has 0 heterocycles. The smallest absolute Gasteiger partial charge is 0.123 e. The molecule has 1 aromatic carbocycles. The van der Waals surface area contributed by atoms with E-state index in [-0.39, 0.29) is 0 Å². The zero-order chi connectivity index (χ0) is 15.1. The third-order valence-corrected chi connectivity index (χ3v) is 4.91. The second kappa shape index (κ2) is 8.40. The molecule has 2 N–H and O–H groups in total. The van der Waals surface area contributed by atoms with Crippen LogP contribution < -0.4 is 10.5 Å². The summed E-state index contributed by atoms with van der Waals surface area (Å²) in [6, 6.07) is 8.79. The highest BCUT2D eigenvalue weighted by Crippen LogP contribution is 2.28. The van der Waals surface area contributed by atoms with Gasteiger partial charge in [-0.3, -0.25) is 0 Å². The van der Waals surface area contributed by atoms with E-state index >= 15 is 0 Å². The number of benzene rings is 1. The average molecular weight is 290 g/mol. The maximum absolute atomic E-state index is 5.91. The normalized spacial score (nSPS) is 22.5. The summed E-state index contributed by atoms with van der Waals surface area (Å²) in [5.74, 6) is 1.89. The molecule has 0 bridgehead atoms. The molecule has 1 aliphatic carbocycles. The van der Waals surface area contributed by atoms with Gasteiger partial charge in [-0.2, -0.15) is 0 Å². The summed E-state index contributed by atoms with van der Waals surface area (Å²) in [4.78, 5) is 2.47. The monoisotopic (exact) mass is 290 g/mol.